The Bertz CT molecular complexity index is 590. The molecule has 5 heteroatoms. The minimum Gasteiger partial charge on any atom is -0.490 e. The van der Waals surface area contributed by atoms with Gasteiger partial charge in [-0.25, -0.2) is 0 Å². The van der Waals surface area contributed by atoms with Crippen molar-refractivity contribution in [3.05, 3.63) is 54.6 Å². The van der Waals surface area contributed by atoms with Crippen molar-refractivity contribution in [2.45, 2.75) is 6.92 Å². The predicted octanol–water partition coefficient (Wildman–Crippen LogP) is 3.45. The first-order valence-corrected chi connectivity index (χ1v) is 7.65. The summed E-state index contributed by atoms with van der Waals surface area (Å²) in [4.78, 5) is 0. The second-order valence-electron chi connectivity index (χ2n) is 4.49. The molecule has 0 heterocycles. The van der Waals surface area contributed by atoms with Gasteiger partial charge >= 0.3 is 0 Å². The highest BCUT2D eigenvalue weighted by Crippen LogP contribution is 2.23. The third-order valence-corrected chi connectivity index (χ3v) is 3.07. The van der Waals surface area contributed by atoms with E-state index in [0.717, 1.165) is 23.7 Å². The topological polar surface area (TPSA) is 42.5 Å². The van der Waals surface area contributed by atoms with Crippen molar-refractivity contribution in [3.63, 3.8) is 0 Å². The maximum absolute atomic E-state index is 5.76. The quantitative estimate of drug-likeness (QED) is 0.605. The van der Waals surface area contributed by atoms with E-state index in [2.05, 4.69) is 10.6 Å². The van der Waals surface area contributed by atoms with E-state index in [0.29, 0.717) is 18.3 Å². The highest BCUT2D eigenvalue weighted by molar-refractivity contribution is 7.80. The van der Waals surface area contributed by atoms with E-state index in [9.17, 15) is 0 Å². The molecule has 0 aliphatic carbocycles. The molecule has 2 aromatic carbocycles. The SMILES string of the molecule is CCNC(=S)Nc1ccccc1OCCOc1ccccc1. The third kappa shape index (κ3) is 5.26. The molecule has 116 valence electrons. The van der Waals surface area contributed by atoms with Crippen LogP contribution in [-0.4, -0.2) is 24.9 Å². The summed E-state index contributed by atoms with van der Waals surface area (Å²) in [6.45, 7) is 3.72. The van der Waals surface area contributed by atoms with Gasteiger partial charge in [0.25, 0.3) is 0 Å². The Labute approximate surface area is 136 Å². The van der Waals surface area contributed by atoms with Gasteiger partial charge < -0.3 is 20.1 Å². The Morgan fingerprint density at radius 3 is 2.41 bits per heavy atom. The fraction of sp³-hybridized carbons (Fsp3) is 0.235. The Balaban J connectivity index is 1.83. The number of thiocarbonyl (C=S) groups is 1. The summed E-state index contributed by atoms with van der Waals surface area (Å²) in [6, 6.07) is 17.4. The zero-order chi connectivity index (χ0) is 15.6. The number of rotatable bonds is 7. The minimum absolute atomic E-state index is 0.460. The van der Waals surface area contributed by atoms with Gasteiger partial charge in [0.05, 0.1) is 5.69 Å². The molecule has 0 aromatic heterocycles. The first kappa shape index (κ1) is 16.1. The number of ether oxygens (including phenoxy) is 2. The normalized spacial score (nSPS) is 9.86. The zero-order valence-corrected chi connectivity index (χ0v) is 13.4. The average molecular weight is 316 g/mol. The second kappa shape index (κ2) is 8.89. The van der Waals surface area contributed by atoms with Crippen LogP contribution in [0.4, 0.5) is 5.69 Å². The maximum atomic E-state index is 5.76. The fourth-order valence-electron chi connectivity index (χ4n) is 1.85. The Morgan fingerprint density at radius 2 is 1.64 bits per heavy atom. The molecule has 0 fully saturated rings. The summed E-state index contributed by atoms with van der Waals surface area (Å²) in [5.74, 6) is 1.59. The van der Waals surface area contributed by atoms with Crippen molar-refractivity contribution in [2.75, 3.05) is 25.1 Å². The van der Waals surface area contributed by atoms with E-state index < -0.39 is 0 Å². The molecule has 0 aliphatic rings. The van der Waals surface area contributed by atoms with Gasteiger partial charge in [0.15, 0.2) is 5.11 Å². The average Bonchev–Trinajstić information content (AvgIpc) is 2.54. The first-order chi connectivity index (χ1) is 10.8. The number of hydrogen-bond acceptors (Lipinski definition) is 3. The van der Waals surface area contributed by atoms with Crippen LogP contribution in [0.3, 0.4) is 0 Å². The van der Waals surface area contributed by atoms with E-state index >= 15 is 0 Å². The molecule has 0 atom stereocenters. The number of nitrogens with one attached hydrogen (secondary N) is 2. The number of para-hydroxylation sites is 3. The van der Waals surface area contributed by atoms with Crippen molar-refractivity contribution in [3.8, 4) is 11.5 Å². The first-order valence-electron chi connectivity index (χ1n) is 7.24. The van der Waals surface area contributed by atoms with Gasteiger partial charge in [0.1, 0.15) is 24.7 Å². The van der Waals surface area contributed by atoms with Crippen LogP contribution in [0.15, 0.2) is 54.6 Å². The van der Waals surface area contributed by atoms with Gasteiger partial charge in [0, 0.05) is 6.54 Å². The van der Waals surface area contributed by atoms with Gasteiger partial charge in [-0.05, 0) is 43.4 Å². The van der Waals surface area contributed by atoms with Crippen molar-refractivity contribution in [1.82, 2.24) is 5.32 Å². The third-order valence-electron chi connectivity index (χ3n) is 2.83. The molecular formula is C17H20N2O2S. The lowest BCUT2D eigenvalue weighted by Crippen LogP contribution is -2.28. The van der Waals surface area contributed by atoms with Crippen LogP contribution in [0.25, 0.3) is 0 Å². The van der Waals surface area contributed by atoms with Gasteiger partial charge in [-0.3, -0.25) is 0 Å². The Hall–Kier alpha value is -2.27. The summed E-state index contributed by atoms with van der Waals surface area (Å²) >= 11 is 5.19. The molecule has 0 radical (unpaired) electrons. The number of benzene rings is 2. The molecule has 0 bridgehead atoms. The summed E-state index contributed by atoms with van der Waals surface area (Å²) in [5.41, 5.74) is 0.841. The molecule has 0 amide bonds. The molecule has 0 spiro atoms. The lowest BCUT2D eigenvalue weighted by Gasteiger charge is -2.14. The standard InChI is InChI=1S/C17H20N2O2S/c1-2-18-17(22)19-15-10-6-7-11-16(15)21-13-12-20-14-8-4-3-5-9-14/h3-11H,2,12-13H2,1H3,(H2,18,19,22). The molecule has 0 saturated carbocycles. The van der Waals surface area contributed by atoms with Crippen molar-refractivity contribution in [1.29, 1.82) is 0 Å². The highest BCUT2D eigenvalue weighted by atomic mass is 32.1. The van der Waals surface area contributed by atoms with Crippen LogP contribution in [0.1, 0.15) is 6.92 Å². The smallest absolute Gasteiger partial charge is 0.170 e. The molecule has 2 aromatic rings. The molecular weight excluding hydrogens is 296 g/mol. The van der Waals surface area contributed by atoms with Crippen LogP contribution in [0, 0.1) is 0 Å². The molecule has 4 nitrogen and oxygen atoms in total. The highest BCUT2D eigenvalue weighted by Gasteiger charge is 2.04. The van der Waals surface area contributed by atoms with Gasteiger partial charge in [0.2, 0.25) is 0 Å². The lowest BCUT2D eigenvalue weighted by atomic mass is 10.3. The van der Waals surface area contributed by atoms with E-state index in [-0.39, 0.29) is 0 Å². The molecule has 2 N–H and O–H groups in total. The monoisotopic (exact) mass is 316 g/mol. The molecule has 0 saturated heterocycles. The largest absolute Gasteiger partial charge is 0.490 e. The number of hydrogen-bond donors (Lipinski definition) is 2. The van der Waals surface area contributed by atoms with Crippen molar-refractivity contribution < 1.29 is 9.47 Å². The molecule has 0 unspecified atom stereocenters. The van der Waals surface area contributed by atoms with Crippen LogP contribution in [0.2, 0.25) is 0 Å². The predicted molar refractivity (Wildman–Crippen MR) is 93.8 cm³/mol. The van der Waals surface area contributed by atoms with Crippen LogP contribution in [0.5, 0.6) is 11.5 Å². The van der Waals surface area contributed by atoms with Crippen molar-refractivity contribution in [2.24, 2.45) is 0 Å². The molecule has 22 heavy (non-hydrogen) atoms. The lowest BCUT2D eigenvalue weighted by molar-refractivity contribution is 0.218. The van der Waals surface area contributed by atoms with Crippen LogP contribution in [-0.2, 0) is 0 Å². The van der Waals surface area contributed by atoms with E-state index in [4.69, 9.17) is 21.7 Å². The summed E-state index contributed by atoms with van der Waals surface area (Å²) in [6.07, 6.45) is 0. The summed E-state index contributed by atoms with van der Waals surface area (Å²) in [5, 5.41) is 6.76. The minimum atomic E-state index is 0.460. The Morgan fingerprint density at radius 1 is 0.955 bits per heavy atom. The molecule has 2 rings (SSSR count). The molecule has 0 aliphatic heterocycles. The second-order valence-corrected chi connectivity index (χ2v) is 4.90. The van der Waals surface area contributed by atoms with E-state index in [1.165, 1.54) is 0 Å². The van der Waals surface area contributed by atoms with Crippen molar-refractivity contribution >= 4 is 23.0 Å². The zero-order valence-electron chi connectivity index (χ0n) is 12.5. The van der Waals surface area contributed by atoms with E-state index in [1.807, 2.05) is 61.5 Å². The maximum Gasteiger partial charge on any atom is 0.170 e. The van der Waals surface area contributed by atoms with Gasteiger partial charge in [-0.1, -0.05) is 30.3 Å². The van der Waals surface area contributed by atoms with Crippen LogP contribution < -0.4 is 20.1 Å². The van der Waals surface area contributed by atoms with Gasteiger partial charge in [-0.2, -0.15) is 0 Å². The van der Waals surface area contributed by atoms with Crippen LogP contribution >= 0.6 is 12.2 Å². The summed E-state index contributed by atoms with van der Waals surface area (Å²) < 4.78 is 11.4. The Kier molecular flexibility index (Phi) is 6.51. The summed E-state index contributed by atoms with van der Waals surface area (Å²) in [7, 11) is 0. The van der Waals surface area contributed by atoms with Gasteiger partial charge in [-0.15, -0.1) is 0 Å². The van der Waals surface area contributed by atoms with E-state index in [1.54, 1.807) is 0 Å². The fourth-order valence-corrected chi connectivity index (χ4v) is 2.10. The number of anilines is 1.